The summed E-state index contributed by atoms with van der Waals surface area (Å²) in [5.41, 5.74) is 3.28. The van der Waals surface area contributed by atoms with E-state index in [4.69, 9.17) is 29.2 Å². The molecular weight excluding hydrogens is 446 g/mol. The van der Waals surface area contributed by atoms with Gasteiger partial charge in [-0.05, 0) is 44.0 Å². The van der Waals surface area contributed by atoms with E-state index in [-0.39, 0.29) is 24.9 Å². The third kappa shape index (κ3) is 4.07. The zero-order valence-corrected chi connectivity index (χ0v) is 20.2. The topological polar surface area (TPSA) is 93.1 Å². The predicted octanol–water partition coefficient (Wildman–Crippen LogP) is 2.79. The van der Waals surface area contributed by atoms with Gasteiger partial charge < -0.3 is 29.1 Å². The van der Waals surface area contributed by atoms with Gasteiger partial charge in [-0.2, -0.15) is 4.98 Å². The normalized spacial score (nSPS) is 24.3. The number of fused-ring (bicyclic) bond motifs is 3. The first-order valence-electron chi connectivity index (χ1n) is 12.4. The number of pyridine rings is 1. The van der Waals surface area contributed by atoms with Gasteiger partial charge in [-0.15, -0.1) is 0 Å². The van der Waals surface area contributed by atoms with Crippen LogP contribution in [0, 0.1) is 0 Å². The second-order valence-electron chi connectivity index (χ2n) is 9.48. The minimum absolute atomic E-state index is 0.102. The molecule has 35 heavy (non-hydrogen) atoms. The summed E-state index contributed by atoms with van der Waals surface area (Å²) < 4.78 is 17.1. The minimum atomic E-state index is -0.102. The average molecular weight is 478 g/mol. The molecule has 0 saturated carbocycles. The molecule has 2 unspecified atom stereocenters. The molecule has 9 nitrogen and oxygen atoms in total. The summed E-state index contributed by atoms with van der Waals surface area (Å²) in [6, 6.07) is 7.99. The number of hydrogen-bond acceptors (Lipinski definition) is 9. The largest absolute Gasteiger partial charge is 0.496 e. The Bertz CT molecular complexity index is 1230. The molecule has 184 valence electrons. The van der Waals surface area contributed by atoms with Crippen molar-refractivity contribution in [2.45, 2.75) is 44.6 Å². The Balaban J connectivity index is 1.46. The Morgan fingerprint density at radius 2 is 2.00 bits per heavy atom. The lowest BCUT2D eigenvalue weighted by molar-refractivity contribution is 0.00864. The number of nitrogens with zero attached hydrogens (tertiary/aromatic N) is 5. The molecule has 2 bridgehead atoms. The highest BCUT2D eigenvalue weighted by Crippen LogP contribution is 2.37. The summed E-state index contributed by atoms with van der Waals surface area (Å²) in [7, 11) is 1.60. The van der Waals surface area contributed by atoms with Crippen LogP contribution in [-0.4, -0.2) is 78.3 Å². The van der Waals surface area contributed by atoms with Crippen LogP contribution in [0.5, 0.6) is 5.75 Å². The SMILES string of the molecule is COc1ccc(-c2cc3nc(N4CCOCC4)nc(N4CC5CCC(O5)[C@@H]4C)c3cn2)cc1CO. The van der Waals surface area contributed by atoms with E-state index in [0.717, 1.165) is 72.0 Å². The molecule has 6 rings (SSSR count). The van der Waals surface area contributed by atoms with Gasteiger partial charge in [0.25, 0.3) is 0 Å². The van der Waals surface area contributed by atoms with Crippen molar-refractivity contribution in [2.75, 3.05) is 49.8 Å². The number of methoxy groups -OCH3 is 1. The Morgan fingerprint density at radius 1 is 1.14 bits per heavy atom. The molecule has 1 aromatic carbocycles. The molecule has 0 aliphatic carbocycles. The monoisotopic (exact) mass is 477 g/mol. The number of ether oxygens (including phenoxy) is 3. The van der Waals surface area contributed by atoms with E-state index < -0.39 is 0 Å². The minimum Gasteiger partial charge on any atom is -0.496 e. The van der Waals surface area contributed by atoms with Crippen LogP contribution >= 0.6 is 0 Å². The van der Waals surface area contributed by atoms with Crippen LogP contribution < -0.4 is 14.5 Å². The van der Waals surface area contributed by atoms with Crippen molar-refractivity contribution in [3.05, 3.63) is 36.0 Å². The van der Waals surface area contributed by atoms with Crippen LogP contribution in [0.3, 0.4) is 0 Å². The van der Waals surface area contributed by atoms with E-state index in [1.807, 2.05) is 30.5 Å². The molecule has 0 radical (unpaired) electrons. The number of morpholine rings is 2. The fraction of sp³-hybridized carbons (Fsp3) is 0.500. The second-order valence-corrected chi connectivity index (χ2v) is 9.48. The molecular formula is C26H31N5O4. The summed E-state index contributed by atoms with van der Waals surface area (Å²) >= 11 is 0. The zero-order chi connectivity index (χ0) is 23.9. The average Bonchev–Trinajstić information content (AvgIpc) is 3.33. The summed E-state index contributed by atoms with van der Waals surface area (Å²) in [6.45, 7) is 5.83. The lowest BCUT2D eigenvalue weighted by atomic mass is 10.1. The lowest BCUT2D eigenvalue weighted by Gasteiger charge is -2.40. The van der Waals surface area contributed by atoms with Crippen LogP contribution in [0.15, 0.2) is 30.5 Å². The molecule has 3 aliphatic rings. The van der Waals surface area contributed by atoms with Crippen LogP contribution in [0.25, 0.3) is 22.2 Å². The molecule has 5 heterocycles. The Morgan fingerprint density at radius 3 is 2.80 bits per heavy atom. The van der Waals surface area contributed by atoms with Gasteiger partial charge >= 0.3 is 0 Å². The highest BCUT2D eigenvalue weighted by atomic mass is 16.5. The third-order valence-electron chi connectivity index (χ3n) is 7.43. The van der Waals surface area contributed by atoms with Crippen LogP contribution in [0.4, 0.5) is 11.8 Å². The van der Waals surface area contributed by atoms with Gasteiger partial charge in [-0.25, -0.2) is 4.98 Å². The summed E-state index contributed by atoms with van der Waals surface area (Å²) in [5.74, 6) is 2.31. The van der Waals surface area contributed by atoms with E-state index in [1.54, 1.807) is 7.11 Å². The fourth-order valence-electron chi connectivity index (χ4n) is 5.43. The van der Waals surface area contributed by atoms with Crippen molar-refractivity contribution in [1.82, 2.24) is 15.0 Å². The highest BCUT2D eigenvalue weighted by Gasteiger charge is 2.40. The molecule has 3 saturated heterocycles. The van der Waals surface area contributed by atoms with E-state index >= 15 is 0 Å². The Labute approximate surface area is 204 Å². The molecule has 3 atom stereocenters. The van der Waals surface area contributed by atoms with E-state index in [1.165, 1.54) is 0 Å². The quantitative estimate of drug-likeness (QED) is 0.595. The maximum absolute atomic E-state index is 9.77. The number of hydrogen-bond donors (Lipinski definition) is 1. The second kappa shape index (κ2) is 9.22. The lowest BCUT2D eigenvalue weighted by Crippen LogP contribution is -2.50. The van der Waals surface area contributed by atoms with Crippen molar-refractivity contribution in [2.24, 2.45) is 0 Å². The highest BCUT2D eigenvalue weighted by molar-refractivity contribution is 5.92. The number of aliphatic hydroxyl groups is 1. The van der Waals surface area contributed by atoms with Gasteiger partial charge in [0.2, 0.25) is 5.95 Å². The third-order valence-corrected chi connectivity index (χ3v) is 7.43. The molecule has 1 N–H and O–H groups in total. The first-order chi connectivity index (χ1) is 17.1. The van der Waals surface area contributed by atoms with Gasteiger partial charge in [0, 0.05) is 37.0 Å². The van der Waals surface area contributed by atoms with E-state index in [2.05, 4.69) is 16.7 Å². The number of aromatic nitrogens is 3. The van der Waals surface area contributed by atoms with Crippen LogP contribution in [0.1, 0.15) is 25.3 Å². The van der Waals surface area contributed by atoms with Crippen LogP contribution in [0.2, 0.25) is 0 Å². The molecule has 3 aliphatic heterocycles. The zero-order valence-electron chi connectivity index (χ0n) is 20.2. The van der Waals surface area contributed by atoms with E-state index in [0.29, 0.717) is 19.0 Å². The summed E-state index contributed by atoms with van der Waals surface area (Å²) in [5, 5.41) is 10.7. The van der Waals surface area contributed by atoms with E-state index in [9.17, 15) is 5.11 Å². The van der Waals surface area contributed by atoms with Gasteiger partial charge in [-0.1, -0.05) is 0 Å². The van der Waals surface area contributed by atoms with Gasteiger partial charge in [0.05, 0.1) is 61.8 Å². The number of benzene rings is 1. The fourth-order valence-corrected chi connectivity index (χ4v) is 5.43. The van der Waals surface area contributed by atoms with Gasteiger partial charge in [0.1, 0.15) is 11.6 Å². The van der Waals surface area contributed by atoms with Gasteiger partial charge in [0.15, 0.2) is 0 Å². The van der Waals surface area contributed by atoms with Gasteiger partial charge in [-0.3, -0.25) is 4.98 Å². The summed E-state index contributed by atoms with van der Waals surface area (Å²) in [4.78, 5) is 19.4. The van der Waals surface area contributed by atoms with Crippen molar-refractivity contribution in [3.63, 3.8) is 0 Å². The summed E-state index contributed by atoms with van der Waals surface area (Å²) in [6.07, 6.45) is 4.55. The molecule has 3 fully saturated rings. The standard InChI is InChI=1S/C26H31N5O4/c1-16-23-6-4-19(35-23)14-31(16)25-20-13-27-21(17-3-5-24(33-2)18(11-17)15-32)12-22(20)28-26(29-25)30-7-9-34-10-8-30/h3,5,11-13,16,19,23,32H,4,6-10,14-15H2,1-2H3/t16-,19?,23?/m0/s1. The first kappa shape index (κ1) is 22.5. The molecule has 0 amide bonds. The van der Waals surface area contributed by atoms with Crippen molar-refractivity contribution >= 4 is 22.7 Å². The number of anilines is 2. The van der Waals surface area contributed by atoms with Crippen molar-refractivity contribution < 1.29 is 19.3 Å². The maximum atomic E-state index is 9.77. The smallest absolute Gasteiger partial charge is 0.228 e. The Hall–Kier alpha value is -3.01. The number of aliphatic hydroxyl groups excluding tert-OH is 1. The maximum Gasteiger partial charge on any atom is 0.228 e. The molecule has 3 aromatic rings. The Kier molecular flexibility index (Phi) is 5.91. The molecule has 0 spiro atoms. The molecule has 9 heteroatoms. The molecule has 2 aromatic heterocycles. The number of rotatable bonds is 5. The van der Waals surface area contributed by atoms with Crippen LogP contribution in [-0.2, 0) is 16.1 Å². The van der Waals surface area contributed by atoms with Crippen molar-refractivity contribution in [3.8, 4) is 17.0 Å². The first-order valence-corrected chi connectivity index (χ1v) is 12.4. The van der Waals surface area contributed by atoms with Crippen molar-refractivity contribution in [1.29, 1.82) is 0 Å². The predicted molar refractivity (Wildman–Crippen MR) is 133 cm³/mol.